The summed E-state index contributed by atoms with van der Waals surface area (Å²) in [6, 6.07) is 24.8. The molecule has 3 aromatic carbocycles. The van der Waals surface area contributed by atoms with Gasteiger partial charge in [0.2, 0.25) is 0 Å². The van der Waals surface area contributed by atoms with Gasteiger partial charge >= 0.3 is 0 Å². The normalized spacial score (nSPS) is 14.4. The van der Waals surface area contributed by atoms with Crippen LogP contribution in [0.3, 0.4) is 0 Å². The largest absolute Gasteiger partial charge is 0.497 e. The zero-order valence-corrected chi connectivity index (χ0v) is 18.9. The van der Waals surface area contributed by atoms with Gasteiger partial charge < -0.3 is 20.1 Å². The van der Waals surface area contributed by atoms with Gasteiger partial charge in [-0.15, -0.1) is 0 Å². The van der Waals surface area contributed by atoms with Crippen molar-refractivity contribution in [2.45, 2.75) is 6.04 Å². The number of aromatic nitrogens is 2. The predicted octanol–water partition coefficient (Wildman–Crippen LogP) is 5.21. The maximum absolute atomic E-state index is 13.2. The summed E-state index contributed by atoms with van der Waals surface area (Å²) in [6.07, 6.45) is 3.69. The number of nitrogens with one attached hydrogen (secondary N) is 2. The summed E-state index contributed by atoms with van der Waals surface area (Å²) in [5.74, 6) is 1.92. The van der Waals surface area contributed by atoms with Crippen LogP contribution in [0.15, 0.2) is 91.1 Å². The van der Waals surface area contributed by atoms with Gasteiger partial charge in [0.25, 0.3) is 5.91 Å². The van der Waals surface area contributed by atoms with E-state index in [1.165, 1.54) is 0 Å². The maximum Gasteiger partial charge on any atom is 0.261 e. The van der Waals surface area contributed by atoms with Crippen molar-refractivity contribution >= 4 is 23.1 Å². The molecule has 0 fully saturated rings. The van der Waals surface area contributed by atoms with E-state index in [9.17, 15) is 4.79 Å². The fraction of sp³-hybridized carbons (Fsp3) is 0.111. The second-order valence-corrected chi connectivity index (χ2v) is 7.83. The Bertz CT molecular complexity index is 1340. The number of carbonyl (C=O) groups is 1. The molecule has 5 rings (SSSR count). The fourth-order valence-corrected chi connectivity index (χ4v) is 3.98. The Balaban J connectivity index is 1.56. The van der Waals surface area contributed by atoms with Gasteiger partial charge in [0, 0.05) is 11.4 Å². The lowest BCUT2D eigenvalue weighted by atomic mass is 10.0. The number of nitrogens with zero attached hydrogens (tertiary/aromatic N) is 2. The van der Waals surface area contributed by atoms with E-state index in [1.54, 1.807) is 20.4 Å². The summed E-state index contributed by atoms with van der Waals surface area (Å²) in [5.41, 5.74) is 4.01. The van der Waals surface area contributed by atoms with Crippen molar-refractivity contribution in [1.82, 2.24) is 9.78 Å². The first-order chi connectivity index (χ1) is 16.7. The van der Waals surface area contributed by atoms with E-state index in [0.29, 0.717) is 11.4 Å². The highest BCUT2D eigenvalue weighted by molar-refractivity contribution is 6.08. The van der Waals surface area contributed by atoms with Gasteiger partial charge in [0.1, 0.15) is 22.9 Å². The molecule has 2 N–H and O–H groups in total. The van der Waals surface area contributed by atoms with Crippen LogP contribution < -0.4 is 20.1 Å². The van der Waals surface area contributed by atoms with Crippen molar-refractivity contribution in [3.63, 3.8) is 0 Å². The first-order valence-electron chi connectivity index (χ1n) is 10.9. The van der Waals surface area contributed by atoms with Crippen LogP contribution in [0, 0.1) is 0 Å². The Morgan fingerprint density at radius 1 is 0.941 bits per heavy atom. The van der Waals surface area contributed by atoms with Crippen LogP contribution in [0.1, 0.15) is 27.5 Å². The number of para-hydroxylation sites is 1. The van der Waals surface area contributed by atoms with Gasteiger partial charge in [0.15, 0.2) is 0 Å². The molecule has 0 spiro atoms. The molecule has 4 aromatic rings. The molecule has 0 saturated heterocycles. The van der Waals surface area contributed by atoms with Gasteiger partial charge in [-0.05, 0) is 65.7 Å². The Morgan fingerprint density at radius 3 is 2.44 bits per heavy atom. The molecule has 2 heterocycles. The third kappa shape index (κ3) is 4.11. The molecule has 1 atom stereocenters. The lowest BCUT2D eigenvalue weighted by Gasteiger charge is -2.26. The summed E-state index contributed by atoms with van der Waals surface area (Å²) in [6.45, 7) is 0. The van der Waals surface area contributed by atoms with Crippen LogP contribution in [0.2, 0.25) is 0 Å². The topological polar surface area (TPSA) is 77.4 Å². The molecule has 1 aliphatic heterocycles. The SMILES string of the molecule is COc1ccc(C2=C[C@@H](c3cccc(OC)c3)n3ncc(C(=O)Nc4ccccc4)c3N2)cc1. The molecule has 170 valence electrons. The lowest BCUT2D eigenvalue weighted by molar-refractivity contribution is 0.102. The molecule has 0 radical (unpaired) electrons. The predicted molar refractivity (Wildman–Crippen MR) is 132 cm³/mol. The molecule has 7 nitrogen and oxygen atoms in total. The molecule has 7 heteroatoms. The number of anilines is 2. The Hall–Kier alpha value is -4.52. The number of rotatable bonds is 6. The quantitative estimate of drug-likeness (QED) is 0.420. The number of hydrogen-bond acceptors (Lipinski definition) is 5. The maximum atomic E-state index is 13.2. The Labute approximate surface area is 197 Å². The molecular formula is C27H24N4O3. The molecule has 34 heavy (non-hydrogen) atoms. The molecule has 0 saturated carbocycles. The highest BCUT2D eigenvalue weighted by atomic mass is 16.5. The zero-order valence-electron chi connectivity index (χ0n) is 18.9. The molecule has 0 bridgehead atoms. The van der Waals surface area contributed by atoms with E-state index in [-0.39, 0.29) is 11.9 Å². The molecule has 0 unspecified atom stereocenters. The number of benzene rings is 3. The highest BCUT2D eigenvalue weighted by Gasteiger charge is 2.28. The summed E-state index contributed by atoms with van der Waals surface area (Å²) >= 11 is 0. The molecule has 1 aliphatic rings. The van der Waals surface area contributed by atoms with E-state index in [1.807, 2.05) is 83.5 Å². The molecule has 1 aromatic heterocycles. The molecule has 1 amide bonds. The molecular weight excluding hydrogens is 428 g/mol. The molecule has 0 aliphatic carbocycles. The summed E-state index contributed by atoms with van der Waals surface area (Å²) < 4.78 is 12.6. The van der Waals surface area contributed by atoms with Crippen LogP contribution in [-0.2, 0) is 0 Å². The smallest absolute Gasteiger partial charge is 0.261 e. The third-order valence-electron chi connectivity index (χ3n) is 5.75. The third-order valence-corrected chi connectivity index (χ3v) is 5.75. The van der Waals surface area contributed by atoms with Gasteiger partial charge in [-0.1, -0.05) is 30.3 Å². The zero-order chi connectivity index (χ0) is 23.5. The van der Waals surface area contributed by atoms with Crippen molar-refractivity contribution in [2.24, 2.45) is 0 Å². The average molecular weight is 453 g/mol. The van der Waals surface area contributed by atoms with E-state index in [2.05, 4.69) is 21.8 Å². The number of fused-ring (bicyclic) bond motifs is 1. The first kappa shape index (κ1) is 21.3. The van der Waals surface area contributed by atoms with Gasteiger partial charge in [0.05, 0.1) is 26.5 Å². The van der Waals surface area contributed by atoms with Crippen molar-refractivity contribution in [3.05, 3.63) is 108 Å². The minimum Gasteiger partial charge on any atom is -0.497 e. The van der Waals surface area contributed by atoms with Crippen molar-refractivity contribution < 1.29 is 14.3 Å². The number of amides is 1. The number of hydrogen-bond donors (Lipinski definition) is 2. The second-order valence-electron chi connectivity index (χ2n) is 7.83. The number of allylic oxidation sites excluding steroid dienone is 1. The van der Waals surface area contributed by atoms with Gasteiger partial charge in [-0.25, -0.2) is 4.68 Å². The summed E-state index contributed by atoms with van der Waals surface area (Å²) in [7, 11) is 3.29. The number of carbonyl (C=O) groups excluding carboxylic acids is 1. The van der Waals surface area contributed by atoms with Crippen molar-refractivity contribution in [3.8, 4) is 11.5 Å². The Kier molecular flexibility index (Phi) is 5.74. The summed E-state index contributed by atoms with van der Waals surface area (Å²) in [4.78, 5) is 13.2. The summed E-state index contributed by atoms with van der Waals surface area (Å²) in [5, 5.41) is 10.9. The average Bonchev–Trinajstić information content (AvgIpc) is 3.33. The number of methoxy groups -OCH3 is 2. The van der Waals surface area contributed by atoms with Crippen LogP contribution in [0.5, 0.6) is 11.5 Å². The first-order valence-corrected chi connectivity index (χ1v) is 10.9. The van der Waals surface area contributed by atoms with Crippen molar-refractivity contribution in [1.29, 1.82) is 0 Å². The minimum atomic E-state index is -0.236. The van der Waals surface area contributed by atoms with E-state index >= 15 is 0 Å². The minimum absolute atomic E-state index is 0.235. The van der Waals surface area contributed by atoms with Gasteiger partial charge in [-0.3, -0.25) is 4.79 Å². The van der Waals surface area contributed by atoms with E-state index < -0.39 is 0 Å². The van der Waals surface area contributed by atoms with E-state index in [4.69, 9.17) is 9.47 Å². The standard InChI is InChI=1S/C27H24N4O3/c1-33-21-13-11-18(12-14-21)24-16-25(19-7-6-10-22(15-19)34-2)31-26(30-24)23(17-28-31)27(32)29-20-8-4-3-5-9-20/h3-17,25,30H,1-2H3,(H,29,32)/t25-/m0/s1. The van der Waals surface area contributed by atoms with Gasteiger partial charge in [-0.2, -0.15) is 5.10 Å². The number of ether oxygens (including phenoxy) is 2. The van der Waals surface area contributed by atoms with Crippen molar-refractivity contribution in [2.75, 3.05) is 24.9 Å². The van der Waals surface area contributed by atoms with E-state index in [0.717, 1.165) is 34.0 Å². The lowest BCUT2D eigenvalue weighted by Crippen LogP contribution is -2.22. The fourth-order valence-electron chi connectivity index (χ4n) is 3.98. The van der Waals surface area contributed by atoms with Crippen LogP contribution in [-0.4, -0.2) is 29.9 Å². The van der Waals surface area contributed by atoms with Crippen LogP contribution >= 0.6 is 0 Å². The highest BCUT2D eigenvalue weighted by Crippen LogP contribution is 2.36. The monoisotopic (exact) mass is 452 g/mol. The Morgan fingerprint density at radius 2 is 1.71 bits per heavy atom. The van der Waals surface area contributed by atoms with Crippen LogP contribution in [0.25, 0.3) is 5.70 Å². The second kappa shape index (κ2) is 9.15. The van der Waals surface area contributed by atoms with Crippen LogP contribution in [0.4, 0.5) is 11.5 Å².